The van der Waals surface area contributed by atoms with Crippen LogP contribution in [0.25, 0.3) is 10.9 Å². The first kappa shape index (κ1) is 18.0. The van der Waals surface area contributed by atoms with E-state index in [0.717, 1.165) is 18.4 Å². The predicted octanol–water partition coefficient (Wildman–Crippen LogP) is 3.54. The average Bonchev–Trinajstić information content (AvgIpc) is 3.08. The molecule has 1 aromatic heterocycles. The molecule has 144 valence electrons. The molecule has 3 aromatic rings. The first-order chi connectivity index (χ1) is 13.4. The number of carbonyl (C=O) groups is 1. The zero-order chi connectivity index (χ0) is 20.0. The van der Waals surface area contributed by atoms with E-state index < -0.39 is 22.8 Å². The smallest absolute Gasteiger partial charge is 0.341 e. The van der Waals surface area contributed by atoms with Gasteiger partial charge in [0, 0.05) is 12.7 Å². The van der Waals surface area contributed by atoms with Gasteiger partial charge in [0.05, 0.1) is 28.3 Å². The van der Waals surface area contributed by atoms with Crippen molar-refractivity contribution in [1.82, 2.24) is 4.57 Å². The van der Waals surface area contributed by atoms with Gasteiger partial charge >= 0.3 is 5.97 Å². The van der Waals surface area contributed by atoms with Crippen molar-refractivity contribution in [3.63, 3.8) is 0 Å². The van der Waals surface area contributed by atoms with Crippen molar-refractivity contribution in [3.8, 4) is 0 Å². The van der Waals surface area contributed by atoms with E-state index in [4.69, 9.17) is 5.73 Å². The number of nitrogens with zero attached hydrogens (tertiary/aromatic N) is 1. The van der Waals surface area contributed by atoms with E-state index >= 15 is 4.39 Å². The lowest BCUT2D eigenvalue weighted by molar-refractivity contribution is 0.0695. The number of carboxylic acid groups (broad SMARTS) is 1. The first-order valence-corrected chi connectivity index (χ1v) is 9.15. The summed E-state index contributed by atoms with van der Waals surface area (Å²) in [6, 6.07) is 9.50. The minimum absolute atomic E-state index is 0.0531. The minimum atomic E-state index is -1.36. The highest BCUT2D eigenvalue weighted by Crippen LogP contribution is 2.36. The molecule has 28 heavy (non-hydrogen) atoms. The number of aryl methyl sites for hydroxylation is 2. The second kappa shape index (κ2) is 6.67. The van der Waals surface area contributed by atoms with E-state index in [1.54, 1.807) is 10.6 Å². The molecule has 0 bridgehead atoms. The minimum Gasteiger partial charge on any atom is -0.477 e. The van der Waals surface area contributed by atoms with Crippen LogP contribution in [0.15, 0.2) is 41.3 Å². The monoisotopic (exact) mass is 381 g/mol. The number of pyridine rings is 1. The van der Waals surface area contributed by atoms with Gasteiger partial charge < -0.3 is 20.7 Å². The molecular formula is C21H20FN3O3. The Kier molecular flexibility index (Phi) is 4.30. The maximum Gasteiger partial charge on any atom is 0.341 e. The fourth-order valence-corrected chi connectivity index (χ4v) is 3.96. The average molecular weight is 381 g/mol. The largest absolute Gasteiger partial charge is 0.477 e. The fraction of sp³-hybridized carbons (Fsp3) is 0.238. The van der Waals surface area contributed by atoms with Crippen LogP contribution in [0.3, 0.4) is 0 Å². The van der Waals surface area contributed by atoms with E-state index in [1.165, 1.54) is 11.8 Å². The third-order valence-corrected chi connectivity index (χ3v) is 5.38. The van der Waals surface area contributed by atoms with Crippen molar-refractivity contribution >= 4 is 28.2 Å². The topological polar surface area (TPSA) is 97.4 Å². The van der Waals surface area contributed by atoms with Crippen LogP contribution in [0.4, 0.5) is 15.8 Å². The lowest BCUT2D eigenvalue weighted by atomic mass is 10.1. The van der Waals surface area contributed by atoms with Crippen LogP contribution in [0.5, 0.6) is 0 Å². The lowest BCUT2D eigenvalue weighted by Crippen LogP contribution is -2.21. The highest BCUT2D eigenvalue weighted by molar-refractivity contribution is 5.99. The number of anilines is 2. The van der Waals surface area contributed by atoms with Gasteiger partial charge in [0.15, 0.2) is 5.82 Å². The summed E-state index contributed by atoms with van der Waals surface area (Å²) in [5.41, 5.74) is 7.39. The number of fused-ring (bicyclic) bond motifs is 2. The summed E-state index contributed by atoms with van der Waals surface area (Å²) in [5, 5.41) is 12.4. The number of nitrogens with one attached hydrogen (secondary N) is 1. The standard InChI is InChI=1S/C21H20FN3O3/c1-2-25-10-13(21(27)28)20(26)17-16(25)9-15(18(22)19(17)23)24-14-8-7-11-5-3-4-6-12(11)14/h3-6,9-10,14,24H,2,7-8,23H2,1H3,(H,27,28). The van der Waals surface area contributed by atoms with E-state index in [9.17, 15) is 14.7 Å². The molecule has 6 nitrogen and oxygen atoms in total. The second-order valence-corrected chi connectivity index (χ2v) is 6.94. The Morgan fingerprint density at radius 1 is 1.39 bits per heavy atom. The Bertz CT molecular complexity index is 1170. The number of aromatic nitrogens is 1. The second-order valence-electron chi connectivity index (χ2n) is 6.94. The Labute approximate surface area is 160 Å². The Balaban J connectivity index is 1.88. The molecule has 0 saturated carbocycles. The molecule has 0 saturated heterocycles. The summed E-state index contributed by atoms with van der Waals surface area (Å²) >= 11 is 0. The van der Waals surface area contributed by atoms with E-state index in [0.29, 0.717) is 12.1 Å². The van der Waals surface area contributed by atoms with E-state index in [1.807, 2.05) is 25.1 Å². The van der Waals surface area contributed by atoms with Crippen molar-refractivity contribution in [1.29, 1.82) is 0 Å². The van der Waals surface area contributed by atoms with Crippen molar-refractivity contribution in [2.75, 3.05) is 11.1 Å². The molecule has 1 heterocycles. The summed E-state index contributed by atoms with van der Waals surface area (Å²) < 4.78 is 16.6. The molecule has 0 radical (unpaired) electrons. The molecule has 1 unspecified atom stereocenters. The van der Waals surface area contributed by atoms with Gasteiger partial charge in [-0.3, -0.25) is 4.79 Å². The quantitative estimate of drug-likeness (QED) is 0.601. The fourth-order valence-electron chi connectivity index (χ4n) is 3.96. The molecule has 1 aliphatic carbocycles. The number of halogens is 1. The number of benzene rings is 2. The van der Waals surface area contributed by atoms with Crippen LogP contribution in [0.2, 0.25) is 0 Å². The summed E-state index contributed by atoms with van der Waals surface area (Å²) in [6.45, 7) is 2.23. The number of carboxylic acids is 1. The van der Waals surface area contributed by atoms with Crippen LogP contribution >= 0.6 is 0 Å². The van der Waals surface area contributed by atoms with Gasteiger partial charge in [-0.2, -0.15) is 0 Å². The molecule has 0 aliphatic heterocycles. The number of rotatable bonds is 4. The van der Waals surface area contributed by atoms with Gasteiger partial charge in [0.25, 0.3) is 0 Å². The molecule has 0 amide bonds. The first-order valence-electron chi connectivity index (χ1n) is 9.15. The van der Waals surface area contributed by atoms with Crippen LogP contribution in [-0.2, 0) is 13.0 Å². The van der Waals surface area contributed by atoms with Crippen molar-refractivity contribution in [3.05, 3.63) is 69.3 Å². The number of nitrogens with two attached hydrogens (primary N) is 1. The summed E-state index contributed by atoms with van der Waals surface area (Å²) in [7, 11) is 0. The van der Waals surface area contributed by atoms with Gasteiger partial charge in [0.2, 0.25) is 5.43 Å². The van der Waals surface area contributed by atoms with Crippen molar-refractivity contribution < 1.29 is 14.3 Å². The zero-order valence-corrected chi connectivity index (χ0v) is 15.3. The summed E-state index contributed by atoms with van der Waals surface area (Å²) in [6.07, 6.45) is 3.01. The van der Waals surface area contributed by atoms with E-state index in [2.05, 4.69) is 11.4 Å². The highest BCUT2D eigenvalue weighted by atomic mass is 19.1. The normalized spacial score (nSPS) is 15.6. The van der Waals surface area contributed by atoms with Crippen LogP contribution in [0, 0.1) is 5.82 Å². The van der Waals surface area contributed by atoms with Crippen LogP contribution < -0.4 is 16.5 Å². The Hall–Kier alpha value is -3.35. The van der Waals surface area contributed by atoms with Gasteiger partial charge in [0.1, 0.15) is 5.56 Å². The molecule has 1 atom stereocenters. The molecule has 4 N–H and O–H groups in total. The third-order valence-electron chi connectivity index (χ3n) is 5.38. The maximum absolute atomic E-state index is 15.0. The Morgan fingerprint density at radius 3 is 2.86 bits per heavy atom. The maximum atomic E-state index is 15.0. The number of nitrogen functional groups attached to an aromatic ring is 1. The summed E-state index contributed by atoms with van der Waals surface area (Å²) in [5.74, 6) is -2.10. The van der Waals surface area contributed by atoms with Gasteiger partial charge in [-0.15, -0.1) is 0 Å². The lowest BCUT2D eigenvalue weighted by Gasteiger charge is -2.19. The van der Waals surface area contributed by atoms with Crippen LogP contribution in [0.1, 0.15) is 40.9 Å². The molecule has 0 fully saturated rings. The number of hydrogen-bond acceptors (Lipinski definition) is 4. The van der Waals surface area contributed by atoms with Crippen LogP contribution in [-0.4, -0.2) is 15.6 Å². The van der Waals surface area contributed by atoms with E-state index in [-0.39, 0.29) is 22.8 Å². The molecule has 0 spiro atoms. The van der Waals surface area contributed by atoms with Crippen molar-refractivity contribution in [2.24, 2.45) is 0 Å². The SMILES string of the molecule is CCn1cc(C(=O)O)c(=O)c2c(N)c(F)c(NC3CCc4ccccc43)cc21. The highest BCUT2D eigenvalue weighted by Gasteiger charge is 2.25. The molecule has 7 heteroatoms. The molecular weight excluding hydrogens is 361 g/mol. The molecule has 2 aromatic carbocycles. The van der Waals surface area contributed by atoms with Gasteiger partial charge in [-0.25, -0.2) is 9.18 Å². The third kappa shape index (κ3) is 2.70. The summed E-state index contributed by atoms with van der Waals surface area (Å²) in [4.78, 5) is 24.0. The molecule has 1 aliphatic rings. The van der Waals surface area contributed by atoms with Gasteiger partial charge in [-0.1, -0.05) is 24.3 Å². The zero-order valence-electron chi connectivity index (χ0n) is 15.3. The molecule has 4 rings (SSSR count). The number of aromatic carboxylic acids is 1. The number of hydrogen-bond donors (Lipinski definition) is 3. The predicted molar refractivity (Wildman–Crippen MR) is 106 cm³/mol. The van der Waals surface area contributed by atoms with Gasteiger partial charge in [-0.05, 0) is 37.0 Å². The van der Waals surface area contributed by atoms with Crippen molar-refractivity contribution in [2.45, 2.75) is 32.4 Å². The Morgan fingerprint density at radius 2 is 2.14 bits per heavy atom.